The zero-order valence-corrected chi connectivity index (χ0v) is 15.5. The van der Waals surface area contributed by atoms with Crippen molar-refractivity contribution in [2.45, 2.75) is 38.3 Å². The monoisotopic (exact) mass is 364 g/mol. The van der Waals surface area contributed by atoms with Gasteiger partial charge in [-0.1, -0.05) is 6.07 Å². The number of rotatable bonds is 4. The predicted octanol–water partition coefficient (Wildman–Crippen LogP) is 3.59. The Bertz CT molecular complexity index is 619. The van der Waals surface area contributed by atoms with Gasteiger partial charge in [0, 0.05) is 24.2 Å². The minimum atomic E-state index is 0. The van der Waals surface area contributed by atoms with Gasteiger partial charge >= 0.3 is 0 Å². The molecule has 2 aliphatic rings. The normalized spacial score (nSPS) is 22.4. The molecule has 0 bridgehead atoms. The van der Waals surface area contributed by atoms with E-state index in [4.69, 9.17) is 4.98 Å². The highest BCUT2D eigenvalue weighted by Gasteiger charge is 2.28. The van der Waals surface area contributed by atoms with Crippen molar-refractivity contribution in [2.24, 2.45) is 5.92 Å². The van der Waals surface area contributed by atoms with Crippen molar-refractivity contribution < 1.29 is 0 Å². The number of hydrogen-bond donors (Lipinski definition) is 1. The maximum Gasteiger partial charge on any atom is 0.142 e. The lowest BCUT2D eigenvalue weighted by Gasteiger charge is -2.34. The molecule has 4 nitrogen and oxygen atoms in total. The van der Waals surface area contributed by atoms with Gasteiger partial charge in [-0.3, -0.25) is 9.88 Å². The van der Waals surface area contributed by atoms with Gasteiger partial charge in [0.2, 0.25) is 0 Å². The number of nitrogens with zero attached hydrogens (tertiary/aromatic N) is 3. The Labute approximate surface area is 154 Å². The van der Waals surface area contributed by atoms with Gasteiger partial charge in [0.05, 0.1) is 11.4 Å². The summed E-state index contributed by atoms with van der Waals surface area (Å²) in [6, 6.07) is 6.78. The zero-order chi connectivity index (χ0) is 15.5. The average Bonchev–Trinajstić information content (AvgIpc) is 3.28. The molecule has 2 aromatic heterocycles. The van der Waals surface area contributed by atoms with Gasteiger partial charge < -0.3 is 5.32 Å². The van der Waals surface area contributed by atoms with E-state index in [1.165, 1.54) is 51.0 Å². The molecular formula is C18H25ClN4S. The van der Waals surface area contributed by atoms with Crippen molar-refractivity contribution >= 4 is 23.7 Å². The van der Waals surface area contributed by atoms with E-state index in [1.54, 1.807) is 11.3 Å². The highest BCUT2D eigenvalue weighted by atomic mass is 35.5. The maximum absolute atomic E-state index is 4.77. The van der Waals surface area contributed by atoms with Gasteiger partial charge in [0.15, 0.2) is 0 Å². The van der Waals surface area contributed by atoms with E-state index in [2.05, 4.69) is 20.6 Å². The summed E-state index contributed by atoms with van der Waals surface area (Å²) in [5.74, 6) is 0.883. The fourth-order valence-electron chi connectivity index (χ4n) is 3.84. The smallest absolute Gasteiger partial charge is 0.142 e. The average molecular weight is 365 g/mol. The lowest BCUT2D eigenvalue weighted by molar-refractivity contribution is 0.156. The standard InChI is InChI=1S/C18H24N4S.ClH/c1-2-8-20-17(4-1)18-21-15(13-23-18)12-22-10-6-14(7-11-22)16-5-3-9-19-16;/h1-2,4,8,13-14,16,19H,3,5-7,9-12H2;1H. The third-order valence-electron chi connectivity index (χ3n) is 5.12. The molecule has 0 saturated carbocycles. The van der Waals surface area contributed by atoms with Gasteiger partial charge in [0.1, 0.15) is 5.01 Å². The van der Waals surface area contributed by atoms with Crippen LogP contribution in [0.5, 0.6) is 0 Å². The molecule has 2 fully saturated rings. The Kier molecular flexibility index (Phi) is 6.22. The van der Waals surface area contributed by atoms with Gasteiger partial charge in [-0.25, -0.2) is 4.98 Å². The molecule has 0 amide bonds. The molecule has 0 radical (unpaired) electrons. The predicted molar refractivity (Wildman–Crippen MR) is 102 cm³/mol. The summed E-state index contributed by atoms with van der Waals surface area (Å²) in [5, 5.41) is 6.90. The first-order chi connectivity index (χ1) is 11.4. The van der Waals surface area contributed by atoms with Crippen LogP contribution in [0.3, 0.4) is 0 Å². The Balaban J connectivity index is 0.00000169. The fourth-order valence-corrected chi connectivity index (χ4v) is 4.63. The molecule has 2 saturated heterocycles. The Morgan fingerprint density at radius 3 is 2.79 bits per heavy atom. The summed E-state index contributed by atoms with van der Waals surface area (Å²) < 4.78 is 0. The molecule has 1 unspecified atom stereocenters. The van der Waals surface area contributed by atoms with E-state index in [-0.39, 0.29) is 12.4 Å². The molecule has 2 aromatic rings. The second-order valence-corrected chi connectivity index (χ2v) is 7.53. The first kappa shape index (κ1) is 17.8. The summed E-state index contributed by atoms with van der Waals surface area (Å²) in [6.07, 6.45) is 7.23. The van der Waals surface area contributed by atoms with Crippen LogP contribution in [0.1, 0.15) is 31.4 Å². The molecule has 0 aromatic carbocycles. The lowest BCUT2D eigenvalue weighted by atomic mass is 9.88. The van der Waals surface area contributed by atoms with E-state index < -0.39 is 0 Å². The summed E-state index contributed by atoms with van der Waals surface area (Å²) in [5.41, 5.74) is 2.17. The Morgan fingerprint density at radius 2 is 2.08 bits per heavy atom. The number of likely N-dealkylation sites (tertiary alicyclic amines) is 1. The summed E-state index contributed by atoms with van der Waals surface area (Å²) in [7, 11) is 0. The van der Waals surface area contributed by atoms with Crippen molar-refractivity contribution in [1.29, 1.82) is 0 Å². The number of nitrogens with one attached hydrogen (secondary N) is 1. The lowest BCUT2D eigenvalue weighted by Crippen LogP contribution is -2.40. The van der Waals surface area contributed by atoms with Gasteiger partial charge in [0.25, 0.3) is 0 Å². The van der Waals surface area contributed by atoms with E-state index in [1.807, 2.05) is 24.4 Å². The SMILES string of the molecule is Cl.c1ccc(-c2nc(CN3CCC(C4CCCN4)CC3)cs2)nc1. The highest BCUT2D eigenvalue weighted by molar-refractivity contribution is 7.13. The largest absolute Gasteiger partial charge is 0.314 e. The number of halogens is 1. The number of pyridine rings is 1. The molecule has 1 atom stereocenters. The van der Waals surface area contributed by atoms with E-state index in [0.29, 0.717) is 0 Å². The third kappa shape index (κ3) is 4.14. The second kappa shape index (κ2) is 8.39. The van der Waals surface area contributed by atoms with Crippen LogP contribution >= 0.6 is 23.7 Å². The number of thiazole rings is 1. The molecular weight excluding hydrogens is 340 g/mol. The van der Waals surface area contributed by atoms with E-state index >= 15 is 0 Å². The minimum Gasteiger partial charge on any atom is -0.314 e. The van der Waals surface area contributed by atoms with Crippen LogP contribution < -0.4 is 5.32 Å². The van der Waals surface area contributed by atoms with Crippen molar-refractivity contribution in [3.05, 3.63) is 35.5 Å². The van der Waals surface area contributed by atoms with Crippen molar-refractivity contribution in [2.75, 3.05) is 19.6 Å². The topological polar surface area (TPSA) is 41.1 Å². The molecule has 1 N–H and O–H groups in total. The zero-order valence-electron chi connectivity index (χ0n) is 13.9. The van der Waals surface area contributed by atoms with Crippen molar-refractivity contribution in [3.8, 4) is 10.7 Å². The molecule has 0 spiro atoms. The van der Waals surface area contributed by atoms with E-state index in [9.17, 15) is 0 Å². The van der Waals surface area contributed by atoms with Crippen LogP contribution in [-0.2, 0) is 6.54 Å². The van der Waals surface area contributed by atoms with Crippen LogP contribution in [-0.4, -0.2) is 40.5 Å². The van der Waals surface area contributed by atoms with Gasteiger partial charge in [-0.15, -0.1) is 23.7 Å². The summed E-state index contributed by atoms with van der Waals surface area (Å²) in [4.78, 5) is 11.7. The van der Waals surface area contributed by atoms with E-state index in [0.717, 1.165) is 29.2 Å². The van der Waals surface area contributed by atoms with Crippen molar-refractivity contribution in [3.63, 3.8) is 0 Å². The quantitative estimate of drug-likeness (QED) is 0.900. The van der Waals surface area contributed by atoms with Crippen LogP contribution in [0.2, 0.25) is 0 Å². The van der Waals surface area contributed by atoms with Gasteiger partial charge in [-0.2, -0.15) is 0 Å². The van der Waals surface area contributed by atoms with Crippen LogP contribution in [0.4, 0.5) is 0 Å². The molecule has 6 heteroatoms. The van der Waals surface area contributed by atoms with Gasteiger partial charge in [-0.05, 0) is 63.4 Å². The third-order valence-corrected chi connectivity index (χ3v) is 6.03. The molecule has 2 aliphatic heterocycles. The Morgan fingerprint density at radius 1 is 1.21 bits per heavy atom. The number of aromatic nitrogens is 2. The fraction of sp³-hybridized carbons (Fsp3) is 0.556. The summed E-state index contributed by atoms with van der Waals surface area (Å²) in [6.45, 7) is 4.62. The molecule has 4 heterocycles. The number of hydrogen-bond acceptors (Lipinski definition) is 5. The molecule has 4 rings (SSSR count). The van der Waals surface area contributed by atoms with Crippen LogP contribution in [0.15, 0.2) is 29.8 Å². The first-order valence-corrected chi connectivity index (χ1v) is 9.58. The van der Waals surface area contributed by atoms with Crippen molar-refractivity contribution in [1.82, 2.24) is 20.2 Å². The summed E-state index contributed by atoms with van der Waals surface area (Å²) >= 11 is 1.70. The second-order valence-electron chi connectivity index (χ2n) is 6.68. The minimum absolute atomic E-state index is 0. The van der Waals surface area contributed by atoms with Crippen LogP contribution in [0, 0.1) is 5.92 Å². The highest BCUT2D eigenvalue weighted by Crippen LogP contribution is 2.27. The first-order valence-electron chi connectivity index (χ1n) is 8.70. The maximum atomic E-state index is 4.77. The molecule has 0 aliphatic carbocycles. The number of piperidine rings is 1. The molecule has 24 heavy (non-hydrogen) atoms. The van der Waals surface area contributed by atoms with Crippen LogP contribution in [0.25, 0.3) is 10.7 Å². The molecule has 130 valence electrons. The Hall–Kier alpha value is -1.01.